The molecule has 1 aliphatic heterocycles. The van der Waals surface area contributed by atoms with Crippen LogP contribution < -0.4 is 5.32 Å². The molecule has 0 unspecified atom stereocenters. The lowest BCUT2D eigenvalue weighted by Crippen LogP contribution is -2.38. The summed E-state index contributed by atoms with van der Waals surface area (Å²) in [6.45, 7) is 4.48. The van der Waals surface area contributed by atoms with E-state index < -0.39 is 0 Å². The van der Waals surface area contributed by atoms with Crippen molar-refractivity contribution >= 4 is 34.3 Å². The van der Waals surface area contributed by atoms with E-state index in [0.717, 1.165) is 35.5 Å². The van der Waals surface area contributed by atoms with Gasteiger partial charge in [0.25, 0.3) is 0 Å². The molecule has 1 aliphatic rings. The first-order valence-electron chi connectivity index (χ1n) is 9.88. The van der Waals surface area contributed by atoms with Crippen LogP contribution in [0.2, 0.25) is 0 Å². The van der Waals surface area contributed by atoms with Crippen LogP contribution in [0.4, 0.5) is 10.9 Å². The van der Waals surface area contributed by atoms with Crippen LogP contribution in [-0.4, -0.2) is 47.3 Å². The van der Waals surface area contributed by atoms with Crippen molar-refractivity contribution in [3.05, 3.63) is 46.6 Å². The topological polar surface area (TPSA) is 102 Å². The van der Waals surface area contributed by atoms with Gasteiger partial charge >= 0.3 is 0 Å². The highest BCUT2D eigenvalue weighted by molar-refractivity contribution is 7.15. The Morgan fingerprint density at radius 1 is 1.27 bits per heavy atom. The number of hydrogen-bond donors (Lipinski definition) is 1. The summed E-state index contributed by atoms with van der Waals surface area (Å²) < 4.78 is 1.71. The molecular weight excluding hydrogens is 400 g/mol. The molecule has 10 heteroatoms. The smallest absolute Gasteiger partial charge is 0.247 e. The van der Waals surface area contributed by atoms with Gasteiger partial charge in [0.05, 0.1) is 17.9 Å². The summed E-state index contributed by atoms with van der Waals surface area (Å²) in [5.74, 6) is 1.30. The summed E-state index contributed by atoms with van der Waals surface area (Å²) in [4.78, 5) is 24.0. The molecule has 1 fully saturated rings. The molecule has 0 aliphatic carbocycles. The van der Waals surface area contributed by atoms with E-state index in [4.69, 9.17) is 0 Å². The number of carbonyl (C=O) groups is 1. The Morgan fingerprint density at radius 3 is 2.87 bits per heavy atom. The van der Waals surface area contributed by atoms with Gasteiger partial charge in [0, 0.05) is 37.5 Å². The average Bonchev–Trinajstić information content (AvgIpc) is 3.33. The van der Waals surface area contributed by atoms with Crippen LogP contribution in [0.1, 0.15) is 47.4 Å². The lowest BCUT2D eigenvalue weighted by molar-refractivity contribution is -0.129. The second-order valence-electron chi connectivity index (χ2n) is 7.30. The highest BCUT2D eigenvalue weighted by atomic mass is 32.1. The van der Waals surface area contributed by atoms with Crippen LogP contribution in [0, 0.1) is 13.8 Å². The lowest BCUT2D eigenvalue weighted by atomic mass is 9.98. The number of carbonyl (C=O) groups excluding carboxylic acids is 1. The van der Waals surface area contributed by atoms with Gasteiger partial charge in [0.15, 0.2) is 0 Å². The fraction of sp³-hybridized carbons (Fsp3) is 0.400. The van der Waals surface area contributed by atoms with Crippen LogP contribution in [0.3, 0.4) is 0 Å². The quantitative estimate of drug-likeness (QED) is 0.628. The van der Waals surface area contributed by atoms with Gasteiger partial charge in [-0.2, -0.15) is 5.10 Å². The van der Waals surface area contributed by atoms with Crippen molar-refractivity contribution in [3.63, 3.8) is 0 Å². The second kappa shape index (κ2) is 8.70. The highest BCUT2D eigenvalue weighted by Gasteiger charge is 2.28. The molecule has 0 radical (unpaired) electrons. The Labute approximate surface area is 178 Å². The third-order valence-corrected chi connectivity index (χ3v) is 5.64. The largest absolute Gasteiger partial charge is 0.331 e. The maximum Gasteiger partial charge on any atom is 0.247 e. The van der Waals surface area contributed by atoms with Gasteiger partial charge in [-0.1, -0.05) is 11.3 Å². The first kappa shape index (κ1) is 20.1. The van der Waals surface area contributed by atoms with Crippen molar-refractivity contribution in [3.8, 4) is 0 Å². The standard InChI is InChI=1S/C20H24N8OS/c1-13-22-16(10-18(23-13)24-20-26-25-14(2)30-20)17-6-4-5-9-28(17)19(29)8-7-15-11-21-27(3)12-15/h7-8,10-12,17H,4-6,9H2,1-3H3,(H,22,23,24,26)/b8-7+/t17-/m0/s1. The van der Waals surface area contributed by atoms with Crippen molar-refractivity contribution in [2.24, 2.45) is 7.05 Å². The summed E-state index contributed by atoms with van der Waals surface area (Å²) in [5, 5.41) is 17.0. The van der Waals surface area contributed by atoms with Crippen LogP contribution >= 0.6 is 11.3 Å². The summed E-state index contributed by atoms with van der Waals surface area (Å²) in [6.07, 6.45) is 9.95. The number of amides is 1. The van der Waals surface area contributed by atoms with E-state index in [9.17, 15) is 4.79 Å². The van der Waals surface area contributed by atoms with Crippen molar-refractivity contribution in [2.75, 3.05) is 11.9 Å². The molecule has 156 valence electrons. The molecule has 0 saturated carbocycles. The molecule has 0 bridgehead atoms. The van der Waals surface area contributed by atoms with E-state index in [0.29, 0.717) is 23.3 Å². The molecule has 1 N–H and O–H groups in total. The van der Waals surface area contributed by atoms with E-state index in [1.807, 2.05) is 38.1 Å². The van der Waals surface area contributed by atoms with Crippen molar-refractivity contribution in [2.45, 2.75) is 39.2 Å². The molecule has 3 aromatic heterocycles. The number of hydrogen-bond acceptors (Lipinski definition) is 8. The summed E-state index contributed by atoms with van der Waals surface area (Å²) in [7, 11) is 1.85. The molecular formula is C20H24N8OS. The number of likely N-dealkylation sites (tertiary alicyclic amines) is 1. The normalized spacial score (nSPS) is 16.9. The number of aromatic nitrogens is 6. The Balaban J connectivity index is 1.55. The number of nitrogens with zero attached hydrogens (tertiary/aromatic N) is 7. The van der Waals surface area contributed by atoms with E-state index in [2.05, 4.69) is 30.6 Å². The van der Waals surface area contributed by atoms with Crippen LogP contribution in [-0.2, 0) is 11.8 Å². The number of piperidine rings is 1. The summed E-state index contributed by atoms with van der Waals surface area (Å²) in [6, 6.07) is 1.83. The zero-order valence-electron chi connectivity index (χ0n) is 17.2. The van der Waals surface area contributed by atoms with Gasteiger partial charge in [-0.05, 0) is 39.2 Å². The predicted molar refractivity (Wildman–Crippen MR) is 115 cm³/mol. The molecule has 4 rings (SSSR count). The first-order chi connectivity index (χ1) is 14.5. The third kappa shape index (κ3) is 4.70. The van der Waals surface area contributed by atoms with Crippen molar-refractivity contribution in [1.82, 2.24) is 34.8 Å². The zero-order chi connectivity index (χ0) is 21.1. The van der Waals surface area contributed by atoms with Crippen molar-refractivity contribution < 1.29 is 4.79 Å². The Morgan fingerprint density at radius 2 is 2.13 bits per heavy atom. The fourth-order valence-electron chi connectivity index (χ4n) is 3.57. The van der Waals surface area contributed by atoms with E-state index >= 15 is 0 Å². The maximum atomic E-state index is 13.0. The minimum Gasteiger partial charge on any atom is -0.331 e. The number of anilines is 2. The van der Waals surface area contributed by atoms with E-state index in [1.165, 1.54) is 11.3 Å². The van der Waals surface area contributed by atoms with Gasteiger partial charge in [-0.25, -0.2) is 9.97 Å². The number of aryl methyl sites for hydroxylation is 3. The first-order valence-corrected chi connectivity index (χ1v) is 10.7. The molecule has 0 aromatic carbocycles. The Bertz CT molecular complexity index is 1070. The molecule has 0 spiro atoms. The van der Waals surface area contributed by atoms with Crippen LogP contribution in [0.15, 0.2) is 24.5 Å². The highest BCUT2D eigenvalue weighted by Crippen LogP contribution is 2.31. The minimum absolute atomic E-state index is 0.0194. The molecule has 9 nitrogen and oxygen atoms in total. The molecule has 4 heterocycles. The van der Waals surface area contributed by atoms with E-state index in [-0.39, 0.29) is 11.9 Å². The number of nitrogens with one attached hydrogen (secondary N) is 1. The van der Waals surface area contributed by atoms with Gasteiger partial charge in [-0.3, -0.25) is 9.48 Å². The number of rotatable bonds is 5. The van der Waals surface area contributed by atoms with E-state index in [1.54, 1.807) is 23.0 Å². The van der Waals surface area contributed by atoms with Gasteiger partial charge in [0.1, 0.15) is 16.6 Å². The molecule has 1 saturated heterocycles. The summed E-state index contributed by atoms with van der Waals surface area (Å²) >= 11 is 1.47. The Hall–Kier alpha value is -3.14. The molecule has 3 aromatic rings. The molecule has 30 heavy (non-hydrogen) atoms. The molecule has 1 atom stereocenters. The van der Waals surface area contributed by atoms with Gasteiger partial charge in [0.2, 0.25) is 11.0 Å². The van der Waals surface area contributed by atoms with Gasteiger partial charge in [-0.15, -0.1) is 10.2 Å². The van der Waals surface area contributed by atoms with Crippen LogP contribution in [0.5, 0.6) is 0 Å². The Kier molecular flexibility index (Phi) is 5.84. The van der Waals surface area contributed by atoms with Crippen LogP contribution in [0.25, 0.3) is 6.08 Å². The lowest BCUT2D eigenvalue weighted by Gasteiger charge is -2.35. The monoisotopic (exact) mass is 424 g/mol. The zero-order valence-corrected chi connectivity index (χ0v) is 18.1. The molecule has 1 amide bonds. The van der Waals surface area contributed by atoms with Crippen molar-refractivity contribution in [1.29, 1.82) is 0 Å². The van der Waals surface area contributed by atoms with Gasteiger partial charge < -0.3 is 10.2 Å². The maximum absolute atomic E-state index is 13.0. The fourth-order valence-corrected chi connectivity index (χ4v) is 4.17. The average molecular weight is 425 g/mol. The minimum atomic E-state index is -0.0804. The summed E-state index contributed by atoms with van der Waals surface area (Å²) in [5.41, 5.74) is 1.74. The third-order valence-electron chi connectivity index (χ3n) is 4.89. The second-order valence-corrected chi connectivity index (χ2v) is 8.48. The SMILES string of the molecule is Cc1nc(Nc2nnc(C)s2)cc([C@@H]2CCCCN2C(=O)/C=C/c2cnn(C)c2)n1. The predicted octanol–water partition coefficient (Wildman–Crippen LogP) is 3.19.